The number of rotatable bonds is 7. The molecule has 0 radical (unpaired) electrons. The molecular weight excluding hydrogens is 290 g/mol. The van der Waals surface area contributed by atoms with Gasteiger partial charge in [0.25, 0.3) is 0 Å². The van der Waals surface area contributed by atoms with Crippen LogP contribution in [0.15, 0.2) is 54.6 Å². The lowest BCUT2D eigenvalue weighted by Gasteiger charge is -2.11. The molecule has 0 bridgehead atoms. The van der Waals surface area contributed by atoms with E-state index in [9.17, 15) is 4.79 Å². The molecule has 2 aromatic rings. The third-order valence-electron chi connectivity index (χ3n) is 3.04. The predicted molar refractivity (Wildman–Crippen MR) is 92.9 cm³/mol. The normalized spacial score (nSPS) is 10.5. The van der Waals surface area contributed by atoms with Crippen LogP contribution in [0.3, 0.4) is 0 Å². The van der Waals surface area contributed by atoms with E-state index < -0.39 is 0 Å². The van der Waals surface area contributed by atoms with Crippen LogP contribution < -0.4 is 14.8 Å². The fourth-order valence-electron chi connectivity index (χ4n) is 2.05. The third-order valence-corrected chi connectivity index (χ3v) is 3.04. The number of benzene rings is 2. The second kappa shape index (κ2) is 8.63. The molecule has 0 aliphatic carbocycles. The summed E-state index contributed by atoms with van der Waals surface area (Å²) in [4.78, 5) is 11.9. The maximum absolute atomic E-state index is 11.9. The molecule has 2 aromatic carbocycles. The number of carbonyl (C=O) groups is 1. The fraction of sp³-hybridized carbons (Fsp3) is 0.211. The van der Waals surface area contributed by atoms with Gasteiger partial charge in [0.15, 0.2) is 11.5 Å². The molecule has 0 spiro atoms. The van der Waals surface area contributed by atoms with Crippen LogP contribution in [0.25, 0.3) is 6.08 Å². The van der Waals surface area contributed by atoms with Crippen LogP contribution in [0.4, 0.5) is 5.69 Å². The fourth-order valence-corrected chi connectivity index (χ4v) is 2.05. The largest absolute Gasteiger partial charge is 0.490 e. The van der Waals surface area contributed by atoms with E-state index in [1.165, 1.54) is 6.08 Å². The Morgan fingerprint density at radius 2 is 1.70 bits per heavy atom. The van der Waals surface area contributed by atoms with Gasteiger partial charge in [-0.3, -0.25) is 4.79 Å². The Labute approximate surface area is 136 Å². The topological polar surface area (TPSA) is 47.6 Å². The van der Waals surface area contributed by atoms with Crippen molar-refractivity contribution in [1.29, 1.82) is 0 Å². The second-order valence-corrected chi connectivity index (χ2v) is 4.76. The lowest BCUT2D eigenvalue weighted by atomic mass is 10.2. The first-order valence-corrected chi connectivity index (χ1v) is 7.66. The zero-order valence-corrected chi connectivity index (χ0v) is 13.4. The summed E-state index contributed by atoms with van der Waals surface area (Å²) >= 11 is 0. The summed E-state index contributed by atoms with van der Waals surface area (Å²) < 4.78 is 11.1. The SMILES string of the molecule is CCOc1ccc(/C=C/C(=O)Nc2ccccc2)cc1OCC. The monoisotopic (exact) mass is 311 g/mol. The third kappa shape index (κ3) is 5.18. The van der Waals surface area contributed by atoms with Crippen molar-refractivity contribution in [3.05, 3.63) is 60.2 Å². The van der Waals surface area contributed by atoms with Crippen LogP contribution in [0, 0.1) is 0 Å². The number of nitrogens with one attached hydrogen (secondary N) is 1. The maximum Gasteiger partial charge on any atom is 0.248 e. The number of anilines is 1. The van der Waals surface area contributed by atoms with Gasteiger partial charge in [-0.2, -0.15) is 0 Å². The molecule has 2 rings (SSSR count). The quantitative estimate of drug-likeness (QED) is 0.782. The minimum absolute atomic E-state index is 0.178. The summed E-state index contributed by atoms with van der Waals surface area (Å²) in [5.74, 6) is 1.21. The summed E-state index contributed by atoms with van der Waals surface area (Å²) in [6, 6.07) is 14.9. The summed E-state index contributed by atoms with van der Waals surface area (Å²) in [5, 5.41) is 2.80. The molecular formula is C19H21NO3. The molecule has 0 unspecified atom stereocenters. The number of para-hydroxylation sites is 1. The zero-order chi connectivity index (χ0) is 16.5. The Morgan fingerprint density at radius 1 is 1.00 bits per heavy atom. The molecule has 1 N–H and O–H groups in total. The first-order chi connectivity index (χ1) is 11.2. The van der Waals surface area contributed by atoms with Crippen molar-refractivity contribution in [1.82, 2.24) is 0 Å². The highest BCUT2D eigenvalue weighted by Crippen LogP contribution is 2.29. The molecule has 120 valence electrons. The summed E-state index contributed by atoms with van der Waals surface area (Å²) in [5.41, 5.74) is 1.64. The Morgan fingerprint density at radius 3 is 2.39 bits per heavy atom. The van der Waals surface area contributed by atoms with Crippen LogP contribution >= 0.6 is 0 Å². The van der Waals surface area contributed by atoms with Crippen molar-refractivity contribution in [3.8, 4) is 11.5 Å². The molecule has 0 saturated carbocycles. The highest BCUT2D eigenvalue weighted by Gasteiger charge is 2.05. The number of carbonyl (C=O) groups excluding carboxylic acids is 1. The van der Waals surface area contributed by atoms with E-state index in [2.05, 4.69) is 5.32 Å². The minimum atomic E-state index is -0.178. The first kappa shape index (κ1) is 16.6. The van der Waals surface area contributed by atoms with Crippen molar-refractivity contribution < 1.29 is 14.3 Å². The first-order valence-electron chi connectivity index (χ1n) is 7.66. The molecule has 0 fully saturated rings. The van der Waals surface area contributed by atoms with E-state index in [0.717, 1.165) is 11.3 Å². The van der Waals surface area contributed by atoms with Gasteiger partial charge in [0, 0.05) is 11.8 Å². The van der Waals surface area contributed by atoms with Gasteiger partial charge in [0.05, 0.1) is 13.2 Å². The van der Waals surface area contributed by atoms with E-state index in [0.29, 0.717) is 24.7 Å². The lowest BCUT2D eigenvalue weighted by Crippen LogP contribution is -2.07. The highest BCUT2D eigenvalue weighted by molar-refractivity contribution is 6.01. The van der Waals surface area contributed by atoms with E-state index in [1.54, 1.807) is 6.08 Å². The van der Waals surface area contributed by atoms with Gasteiger partial charge < -0.3 is 14.8 Å². The molecule has 0 aliphatic heterocycles. The molecule has 4 nitrogen and oxygen atoms in total. The molecule has 0 atom stereocenters. The van der Waals surface area contributed by atoms with Crippen LogP contribution in [0.2, 0.25) is 0 Å². The van der Waals surface area contributed by atoms with E-state index in [-0.39, 0.29) is 5.91 Å². The zero-order valence-electron chi connectivity index (χ0n) is 13.4. The van der Waals surface area contributed by atoms with Crippen LogP contribution in [0.1, 0.15) is 19.4 Å². The molecule has 0 aliphatic rings. The Balaban J connectivity index is 2.06. The van der Waals surface area contributed by atoms with Gasteiger partial charge in [-0.15, -0.1) is 0 Å². The molecule has 23 heavy (non-hydrogen) atoms. The molecule has 0 saturated heterocycles. The van der Waals surface area contributed by atoms with Gasteiger partial charge in [0.1, 0.15) is 0 Å². The number of amides is 1. The predicted octanol–water partition coefficient (Wildman–Crippen LogP) is 4.14. The number of ether oxygens (including phenoxy) is 2. The smallest absolute Gasteiger partial charge is 0.248 e. The highest BCUT2D eigenvalue weighted by atomic mass is 16.5. The van der Waals surface area contributed by atoms with Gasteiger partial charge in [-0.1, -0.05) is 24.3 Å². The van der Waals surface area contributed by atoms with Crippen LogP contribution in [-0.2, 0) is 4.79 Å². The second-order valence-electron chi connectivity index (χ2n) is 4.76. The van der Waals surface area contributed by atoms with Crippen molar-refractivity contribution in [3.63, 3.8) is 0 Å². The van der Waals surface area contributed by atoms with Gasteiger partial charge in [-0.25, -0.2) is 0 Å². The summed E-state index contributed by atoms with van der Waals surface area (Å²) in [6.45, 7) is 4.99. The average Bonchev–Trinajstić information content (AvgIpc) is 2.56. The van der Waals surface area contributed by atoms with Crippen molar-refractivity contribution in [2.45, 2.75) is 13.8 Å². The van der Waals surface area contributed by atoms with Crippen LogP contribution in [0.5, 0.6) is 11.5 Å². The van der Waals surface area contributed by atoms with Crippen molar-refractivity contribution in [2.24, 2.45) is 0 Å². The maximum atomic E-state index is 11.9. The molecule has 1 amide bonds. The van der Waals surface area contributed by atoms with Crippen molar-refractivity contribution >= 4 is 17.7 Å². The van der Waals surface area contributed by atoms with Crippen molar-refractivity contribution in [2.75, 3.05) is 18.5 Å². The Kier molecular flexibility index (Phi) is 6.24. The van der Waals surface area contributed by atoms with Crippen LogP contribution in [-0.4, -0.2) is 19.1 Å². The van der Waals surface area contributed by atoms with Gasteiger partial charge in [0.2, 0.25) is 5.91 Å². The van der Waals surface area contributed by atoms with E-state index in [4.69, 9.17) is 9.47 Å². The molecule has 0 heterocycles. The lowest BCUT2D eigenvalue weighted by molar-refractivity contribution is -0.111. The van der Waals surface area contributed by atoms with Gasteiger partial charge in [-0.05, 0) is 49.8 Å². The molecule has 4 heteroatoms. The Hall–Kier alpha value is -2.75. The standard InChI is InChI=1S/C19H21NO3/c1-3-22-17-12-10-15(14-18(17)23-4-2)11-13-19(21)20-16-8-6-5-7-9-16/h5-14H,3-4H2,1-2H3,(H,20,21)/b13-11+. The number of hydrogen-bond acceptors (Lipinski definition) is 3. The number of hydrogen-bond donors (Lipinski definition) is 1. The Bertz CT molecular complexity index is 666. The summed E-state index contributed by atoms with van der Waals surface area (Å²) in [7, 11) is 0. The average molecular weight is 311 g/mol. The summed E-state index contributed by atoms with van der Waals surface area (Å²) in [6.07, 6.45) is 3.24. The van der Waals surface area contributed by atoms with Gasteiger partial charge >= 0.3 is 0 Å². The molecule has 0 aromatic heterocycles. The van der Waals surface area contributed by atoms with E-state index in [1.807, 2.05) is 62.4 Å². The minimum Gasteiger partial charge on any atom is -0.490 e. The van der Waals surface area contributed by atoms with E-state index >= 15 is 0 Å².